The van der Waals surface area contributed by atoms with Gasteiger partial charge in [-0.05, 0) is 18.2 Å². The van der Waals surface area contributed by atoms with Gasteiger partial charge in [0.1, 0.15) is 11.6 Å². The van der Waals surface area contributed by atoms with Crippen molar-refractivity contribution < 1.29 is 13.9 Å². The van der Waals surface area contributed by atoms with E-state index in [4.69, 9.17) is 22.1 Å². The summed E-state index contributed by atoms with van der Waals surface area (Å²) in [4.78, 5) is 16.5. The van der Waals surface area contributed by atoms with Gasteiger partial charge in [0.05, 0.1) is 29.1 Å². The Labute approximate surface area is 150 Å². The molecule has 25 heavy (non-hydrogen) atoms. The fourth-order valence-electron chi connectivity index (χ4n) is 2.93. The molecule has 1 saturated heterocycles. The predicted octanol–water partition coefficient (Wildman–Crippen LogP) is 3.03. The van der Waals surface area contributed by atoms with Crippen LogP contribution in [0.25, 0.3) is 0 Å². The van der Waals surface area contributed by atoms with Crippen molar-refractivity contribution in [3.05, 3.63) is 52.8 Å². The molecule has 0 saturated carbocycles. The number of piperazine rings is 1. The van der Waals surface area contributed by atoms with Crippen LogP contribution in [-0.2, 0) is 0 Å². The second-order valence-corrected chi connectivity index (χ2v) is 6.21. The molecule has 1 aliphatic heterocycles. The summed E-state index contributed by atoms with van der Waals surface area (Å²) in [5.74, 6) is -0.0374. The maximum atomic E-state index is 13.9. The summed E-state index contributed by atoms with van der Waals surface area (Å²) in [6, 6.07) is 9.73. The molecule has 0 aromatic heterocycles. The van der Waals surface area contributed by atoms with Gasteiger partial charge in [0.25, 0.3) is 5.91 Å². The molecule has 0 aliphatic carbocycles. The van der Waals surface area contributed by atoms with Gasteiger partial charge in [-0.3, -0.25) is 4.79 Å². The van der Waals surface area contributed by atoms with E-state index in [1.807, 2.05) is 4.90 Å². The number of ether oxygens (including phenoxy) is 1. The predicted molar refractivity (Wildman–Crippen MR) is 96.9 cm³/mol. The molecule has 2 N–H and O–H groups in total. The first-order valence-corrected chi connectivity index (χ1v) is 8.31. The number of carbonyl (C=O) groups excluding carboxylic acids is 1. The summed E-state index contributed by atoms with van der Waals surface area (Å²) in [5, 5.41) is 0.314. The number of nitrogens with zero attached hydrogens (tertiary/aromatic N) is 2. The van der Waals surface area contributed by atoms with Crippen LogP contribution >= 0.6 is 11.6 Å². The summed E-state index contributed by atoms with van der Waals surface area (Å²) >= 11 is 6.05. The SMILES string of the molecule is COc1cc(N)c(Cl)cc1C(=O)N1CCN(c2ccccc2F)CC1. The summed E-state index contributed by atoms with van der Waals surface area (Å²) in [7, 11) is 1.48. The van der Waals surface area contributed by atoms with Gasteiger partial charge in [-0.15, -0.1) is 0 Å². The van der Waals surface area contributed by atoms with Crippen LogP contribution in [0.4, 0.5) is 15.8 Å². The number of rotatable bonds is 3. The third kappa shape index (κ3) is 3.49. The lowest BCUT2D eigenvalue weighted by Gasteiger charge is -2.36. The van der Waals surface area contributed by atoms with E-state index < -0.39 is 0 Å². The molecule has 0 unspecified atom stereocenters. The van der Waals surface area contributed by atoms with Gasteiger partial charge in [0.15, 0.2) is 0 Å². The highest BCUT2D eigenvalue weighted by atomic mass is 35.5. The monoisotopic (exact) mass is 363 g/mol. The van der Waals surface area contributed by atoms with E-state index >= 15 is 0 Å². The Morgan fingerprint density at radius 2 is 1.88 bits per heavy atom. The minimum atomic E-state index is -0.255. The van der Waals surface area contributed by atoms with E-state index in [-0.39, 0.29) is 11.7 Å². The van der Waals surface area contributed by atoms with Crippen LogP contribution in [-0.4, -0.2) is 44.1 Å². The molecule has 2 aromatic rings. The summed E-state index contributed by atoms with van der Waals surface area (Å²) in [5.41, 5.74) is 7.06. The first kappa shape index (κ1) is 17.4. The molecule has 1 heterocycles. The minimum Gasteiger partial charge on any atom is -0.496 e. The zero-order valence-corrected chi connectivity index (χ0v) is 14.6. The zero-order chi connectivity index (χ0) is 18.0. The molecule has 132 valence electrons. The lowest BCUT2D eigenvalue weighted by molar-refractivity contribution is 0.0743. The number of anilines is 2. The number of nitrogens with two attached hydrogens (primary N) is 1. The average Bonchev–Trinajstić information content (AvgIpc) is 2.63. The van der Waals surface area contributed by atoms with E-state index in [9.17, 15) is 9.18 Å². The van der Waals surface area contributed by atoms with E-state index in [2.05, 4.69) is 0 Å². The van der Waals surface area contributed by atoms with E-state index in [1.165, 1.54) is 19.2 Å². The average molecular weight is 364 g/mol. The van der Waals surface area contributed by atoms with Crippen LogP contribution < -0.4 is 15.4 Å². The molecule has 0 radical (unpaired) electrons. The Balaban J connectivity index is 1.74. The van der Waals surface area contributed by atoms with Crippen molar-refractivity contribution in [3.8, 4) is 5.75 Å². The van der Waals surface area contributed by atoms with E-state index in [0.717, 1.165) is 0 Å². The Hall–Kier alpha value is -2.47. The second kappa shape index (κ2) is 7.19. The van der Waals surface area contributed by atoms with Crippen LogP contribution in [0.5, 0.6) is 5.75 Å². The van der Waals surface area contributed by atoms with Crippen molar-refractivity contribution in [3.63, 3.8) is 0 Å². The third-order valence-electron chi connectivity index (χ3n) is 4.31. The van der Waals surface area contributed by atoms with Crippen molar-refractivity contribution in [2.24, 2.45) is 0 Å². The van der Waals surface area contributed by atoms with Crippen LogP contribution in [0.15, 0.2) is 36.4 Å². The van der Waals surface area contributed by atoms with Gasteiger partial charge in [-0.2, -0.15) is 0 Å². The van der Waals surface area contributed by atoms with Gasteiger partial charge >= 0.3 is 0 Å². The summed E-state index contributed by atoms with van der Waals surface area (Å²) in [6.45, 7) is 2.08. The van der Waals surface area contributed by atoms with Crippen LogP contribution in [0, 0.1) is 5.82 Å². The number of halogens is 2. The highest BCUT2D eigenvalue weighted by Gasteiger charge is 2.26. The number of carbonyl (C=O) groups is 1. The zero-order valence-electron chi connectivity index (χ0n) is 13.8. The fourth-order valence-corrected chi connectivity index (χ4v) is 3.10. The van der Waals surface area contributed by atoms with Crippen LogP contribution in [0.2, 0.25) is 5.02 Å². The van der Waals surface area contributed by atoms with Crippen molar-refractivity contribution in [1.29, 1.82) is 0 Å². The number of amides is 1. The smallest absolute Gasteiger partial charge is 0.257 e. The van der Waals surface area contributed by atoms with Gasteiger partial charge < -0.3 is 20.3 Å². The quantitative estimate of drug-likeness (QED) is 0.851. The molecule has 5 nitrogen and oxygen atoms in total. The van der Waals surface area contributed by atoms with E-state index in [0.29, 0.717) is 53.9 Å². The van der Waals surface area contributed by atoms with Crippen LogP contribution in [0.3, 0.4) is 0 Å². The van der Waals surface area contributed by atoms with Crippen molar-refractivity contribution >= 4 is 28.9 Å². The Morgan fingerprint density at radius 1 is 1.20 bits per heavy atom. The number of hydrogen-bond acceptors (Lipinski definition) is 4. The first-order valence-electron chi connectivity index (χ1n) is 7.93. The summed E-state index contributed by atoms with van der Waals surface area (Å²) in [6.07, 6.45) is 0. The highest BCUT2D eigenvalue weighted by molar-refractivity contribution is 6.33. The molecule has 3 rings (SSSR count). The molecule has 0 atom stereocenters. The van der Waals surface area contributed by atoms with Crippen molar-refractivity contribution in [2.75, 3.05) is 43.9 Å². The number of hydrogen-bond donors (Lipinski definition) is 1. The number of nitrogen functional groups attached to an aromatic ring is 1. The minimum absolute atomic E-state index is 0.174. The molecule has 1 amide bonds. The molecule has 0 bridgehead atoms. The molecule has 2 aromatic carbocycles. The molecular formula is C18H19ClFN3O2. The first-order chi connectivity index (χ1) is 12.0. The number of benzene rings is 2. The molecule has 7 heteroatoms. The van der Waals surface area contributed by atoms with Gasteiger partial charge in [0, 0.05) is 32.2 Å². The summed E-state index contributed by atoms with van der Waals surface area (Å²) < 4.78 is 19.2. The van der Waals surface area contributed by atoms with E-state index in [1.54, 1.807) is 29.2 Å². The fraction of sp³-hybridized carbons (Fsp3) is 0.278. The standard InChI is InChI=1S/C18H19ClFN3O2/c1-25-17-11-15(21)13(19)10-12(17)18(24)23-8-6-22(7-9-23)16-5-3-2-4-14(16)20/h2-5,10-11H,6-9,21H2,1H3. The third-order valence-corrected chi connectivity index (χ3v) is 4.64. The Bertz CT molecular complexity index is 792. The van der Waals surface area contributed by atoms with Crippen LogP contribution in [0.1, 0.15) is 10.4 Å². The number of para-hydroxylation sites is 1. The lowest BCUT2D eigenvalue weighted by atomic mass is 10.1. The lowest BCUT2D eigenvalue weighted by Crippen LogP contribution is -2.49. The molecule has 1 aliphatic rings. The topological polar surface area (TPSA) is 58.8 Å². The number of methoxy groups -OCH3 is 1. The normalized spacial score (nSPS) is 14.5. The second-order valence-electron chi connectivity index (χ2n) is 5.80. The van der Waals surface area contributed by atoms with Crippen molar-refractivity contribution in [2.45, 2.75) is 0 Å². The Morgan fingerprint density at radius 3 is 2.52 bits per heavy atom. The largest absolute Gasteiger partial charge is 0.496 e. The molecular weight excluding hydrogens is 345 g/mol. The van der Waals surface area contributed by atoms with Crippen molar-refractivity contribution in [1.82, 2.24) is 4.90 Å². The molecule has 0 spiro atoms. The van der Waals surface area contributed by atoms with Gasteiger partial charge in [-0.1, -0.05) is 23.7 Å². The highest BCUT2D eigenvalue weighted by Crippen LogP contribution is 2.30. The van der Waals surface area contributed by atoms with Gasteiger partial charge in [0.2, 0.25) is 0 Å². The molecule has 1 fully saturated rings. The van der Waals surface area contributed by atoms with Gasteiger partial charge in [-0.25, -0.2) is 4.39 Å². The maximum absolute atomic E-state index is 13.9. The Kier molecular flexibility index (Phi) is 4.99. The maximum Gasteiger partial charge on any atom is 0.257 e.